The van der Waals surface area contributed by atoms with E-state index in [0.29, 0.717) is 19.3 Å². The van der Waals surface area contributed by atoms with Crippen LogP contribution in [0.15, 0.2) is 182 Å². The first-order valence-electron chi connectivity index (χ1n) is 42.1. The van der Waals surface area contributed by atoms with Crippen LogP contribution >= 0.6 is 15.6 Å². The number of phosphoric ester groups is 2. The normalized spacial score (nSPS) is 14.8. The summed E-state index contributed by atoms with van der Waals surface area (Å²) < 4.78 is 61.3. The van der Waals surface area contributed by atoms with Crippen LogP contribution in [-0.4, -0.2) is 95.9 Å². The molecule has 0 radical (unpaired) electrons. The van der Waals surface area contributed by atoms with Crippen molar-refractivity contribution >= 4 is 33.6 Å². The molecule has 0 rings (SSSR count). The van der Waals surface area contributed by atoms with E-state index in [1.165, 1.54) is 44.9 Å². The number of aliphatic hydroxyl groups is 2. The molecule has 18 heteroatoms. The molecule has 0 saturated carbocycles. The van der Waals surface area contributed by atoms with Crippen LogP contribution in [0.5, 0.6) is 0 Å². The Labute approximate surface area is 662 Å². The van der Waals surface area contributed by atoms with E-state index < -0.39 is 91.5 Å². The molecule has 0 aliphatic rings. The molecule has 0 aromatic rings. The molecule has 0 heterocycles. The van der Waals surface area contributed by atoms with Crippen LogP contribution in [0.4, 0.5) is 0 Å². The molecule has 5 unspecified atom stereocenters. The molecule has 0 aliphatic heterocycles. The van der Waals surface area contributed by atoms with Crippen LogP contribution in [0.25, 0.3) is 0 Å². The number of carbonyl (C=O) groups is 3. The zero-order valence-electron chi connectivity index (χ0n) is 67.9. The molecule has 0 bridgehead atoms. The fraction of sp³-hybridized carbons (Fsp3) is 0.637. The van der Waals surface area contributed by atoms with Gasteiger partial charge in [0.2, 0.25) is 0 Å². The highest BCUT2D eigenvalue weighted by atomic mass is 31.2. The lowest BCUT2D eigenvalue weighted by Crippen LogP contribution is -2.30. The summed E-state index contributed by atoms with van der Waals surface area (Å²) in [6.45, 7) is 2.39. The van der Waals surface area contributed by atoms with Gasteiger partial charge in [-0.2, -0.15) is 0 Å². The van der Waals surface area contributed by atoms with Gasteiger partial charge in [0.1, 0.15) is 25.4 Å². The van der Waals surface area contributed by atoms with Crippen molar-refractivity contribution in [3.8, 4) is 0 Å². The first-order valence-corrected chi connectivity index (χ1v) is 45.1. The fourth-order valence-corrected chi connectivity index (χ4v) is 12.3. The highest BCUT2D eigenvalue weighted by Crippen LogP contribution is 2.45. The van der Waals surface area contributed by atoms with E-state index in [4.69, 9.17) is 32.3 Å². The molecular weight excluding hydrogens is 1410 g/mol. The van der Waals surface area contributed by atoms with E-state index >= 15 is 0 Å². The van der Waals surface area contributed by atoms with Gasteiger partial charge in [0, 0.05) is 19.3 Å². The second-order valence-electron chi connectivity index (χ2n) is 27.5. The summed E-state index contributed by atoms with van der Waals surface area (Å²) in [5.41, 5.74) is 0. The first kappa shape index (κ1) is 104. The number of aliphatic hydroxyl groups excluding tert-OH is 2. The quantitative estimate of drug-likeness (QED) is 0.0146. The van der Waals surface area contributed by atoms with Crippen molar-refractivity contribution in [3.05, 3.63) is 182 Å². The monoisotopic (exact) mass is 1560 g/mol. The second-order valence-corrected chi connectivity index (χ2v) is 30.4. The standard InChI is InChI=1S/C91H150O16P2/c1-4-7-10-13-16-19-22-25-28-31-34-36-38-40-42-44-46-48-51-53-56-59-62-65-68-71-74-77-89(94)101-80-86(92)81-103-108(97,98)104-82-87(93)83-105-109(99,100)106-85-88(107-91(96)79-76-73-70-67-64-61-58-55-50-33-30-27-24-21-18-15-12-9-6-3)84-102-90(95)78-75-72-69-66-63-60-57-54-52-49-47-45-43-41-39-37-35-32-29-26-23-20-17-14-11-8-5-2/h7-8,10-11,16-21,25-30,34-37,40-43,46-50,55,86-88,92-93H,4-6,9,12-15,22-24,31-33,38-39,44-45,51-54,56-85H2,1-3H3,(H,97,98)(H,99,100)/b10-7-,11-8-,19-16-,20-17-,21-18-,28-25-,29-26-,30-27-,36-34-,37-35-,42-40-,43-41-,48-46-,49-47-,55-50-. The number of hydrogen-bond donors (Lipinski definition) is 4. The number of carbonyl (C=O) groups excluding carboxylic acids is 3. The molecular formula is C91H150O16P2. The van der Waals surface area contributed by atoms with Gasteiger partial charge in [-0.15, -0.1) is 0 Å². The Kier molecular flexibility index (Phi) is 78.1. The van der Waals surface area contributed by atoms with Gasteiger partial charge in [-0.05, 0) is 161 Å². The Morgan fingerprint density at radius 1 is 0.266 bits per heavy atom. The van der Waals surface area contributed by atoms with Gasteiger partial charge in [0.25, 0.3) is 0 Å². The van der Waals surface area contributed by atoms with Gasteiger partial charge >= 0.3 is 33.6 Å². The fourth-order valence-electron chi connectivity index (χ4n) is 10.8. The number of rotatable bonds is 78. The minimum Gasteiger partial charge on any atom is -0.463 e. The lowest BCUT2D eigenvalue weighted by molar-refractivity contribution is -0.161. The molecule has 0 fully saturated rings. The summed E-state index contributed by atoms with van der Waals surface area (Å²) in [5.74, 6) is -1.61. The molecule has 0 aromatic heterocycles. The van der Waals surface area contributed by atoms with Crippen molar-refractivity contribution in [2.45, 2.75) is 334 Å². The van der Waals surface area contributed by atoms with Crippen LogP contribution in [0, 0.1) is 0 Å². The molecule has 0 spiro atoms. The van der Waals surface area contributed by atoms with Gasteiger partial charge in [-0.1, -0.05) is 319 Å². The van der Waals surface area contributed by atoms with Gasteiger partial charge in [-0.25, -0.2) is 9.13 Å². The molecule has 0 aromatic carbocycles. The molecule has 5 atom stereocenters. The van der Waals surface area contributed by atoms with Crippen LogP contribution < -0.4 is 0 Å². The minimum absolute atomic E-state index is 0.0818. The summed E-state index contributed by atoms with van der Waals surface area (Å²) in [6, 6.07) is 0. The van der Waals surface area contributed by atoms with Crippen molar-refractivity contribution in [2.75, 3.05) is 39.6 Å². The summed E-state index contributed by atoms with van der Waals surface area (Å²) in [6.07, 6.45) is 106. The predicted molar refractivity (Wildman–Crippen MR) is 454 cm³/mol. The zero-order chi connectivity index (χ0) is 79.4. The van der Waals surface area contributed by atoms with Crippen LogP contribution in [0.2, 0.25) is 0 Å². The maximum atomic E-state index is 13.0. The third-order valence-corrected chi connectivity index (χ3v) is 19.0. The molecule has 0 aliphatic carbocycles. The maximum absolute atomic E-state index is 13.0. The SMILES string of the molecule is CC/C=C\C/C=C\C/C=C\C/C=C\C/C=C\C/C=C\CCCCCCCCCCC(=O)OCC(O)COP(=O)(O)OCC(O)COP(=O)(O)OCC(COC(=O)CCCCCCCCCC/C=C\C/C=C\C/C=C\C/C=C\C/C=C\C/C=C\CC)OC(=O)CCCCCCCC/C=C\C/C=C\C/C=C\CCCCC. The summed E-state index contributed by atoms with van der Waals surface area (Å²) >= 11 is 0. The van der Waals surface area contributed by atoms with Crippen LogP contribution in [0.3, 0.4) is 0 Å². The third-order valence-electron chi connectivity index (χ3n) is 17.1. The van der Waals surface area contributed by atoms with Crippen molar-refractivity contribution in [1.29, 1.82) is 0 Å². The van der Waals surface area contributed by atoms with E-state index in [2.05, 4.69) is 203 Å². The Hall–Kier alpha value is -5.35. The second kappa shape index (κ2) is 82.1. The van der Waals surface area contributed by atoms with Gasteiger partial charge in [0.05, 0.1) is 26.4 Å². The number of phosphoric acid groups is 2. The van der Waals surface area contributed by atoms with Crippen molar-refractivity contribution < 1.29 is 75.8 Å². The maximum Gasteiger partial charge on any atom is 0.472 e. The number of unbranched alkanes of at least 4 members (excludes halogenated alkanes) is 25. The molecule has 620 valence electrons. The minimum atomic E-state index is -4.95. The average Bonchev–Trinajstić information content (AvgIpc) is 0.947. The molecule has 16 nitrogen and oxygen atoms in total. The van der Waals surface area contributed by atoms with Crippen LogP contribution in [-0.2, 0) is 55.8 Å². The molecule has 109 heavy (non-hydrogen) atoms. The topological polar surface area (TPSA) is 231 Å². The lowest BCUT2D eigenvalue weighted by Gasteiger charge is -2.21. The molecule has 0 saturated heterocycles. The van der Waals surface area contributed by atoms with Crippen LogP contribution in [0.1, 0.15) is 316 Å². The number of allylic oxidation sites excluding steroid dienone is 30. The zero-order valence-corrected chi connectivity index (χ0v) is 69.7. The first-order chi connectivity index (χ1) is 53.2. The molecule has 4 N–H and O–H groups in total. The third kappa shape index (κ3) is 83.4. The van der Waals surface area contributed by atoms with E-state index in [9.17, 15) is 43.5 Å². The smallest absolute Gasteiger partial charge is 0.463 e. The Morgan fingerprint density at radius 2 is 0.486 bits per heavy atom. The lowest BCUT2D eigenvalue weighted by atomic mass is 10.1. The van der Waals surface area contributed by atoms with Crippen molar-refractivity contribution in [1.82, 2.24) is 0 Å². The summed E-state index contributed by atoms with van der Waals surface area (Å²) in [5, 5.41) is 20.7. The largest absolute Gasteiger partial charge is 0.472 e. The Balaban J connectivity index is 4.68. The number of esters is 3. The predicted octanol–water partition coefficient (Wildman–Crippen LogP) is 25.3. The van der Waals surface area contributed by atoms with E-state index in [1.807, 2.05) is 0 Å². The van der Waals surface area contributed by atoms with E-state index in [1.54, 1.807) is 0 Å². The van der Waals surface area contributed by atoms with Gasteiger partial charge in [-0.3, -0.25) is 32.5 Å². The number of ether oxygens (including phenoxy) is 3. The molecule has 0 amide bonds. The Bertz CT molecular complexity index is 2710. The number of hydrogen-bond acceptors (Lipinski definition) is 14. The summed E-state index contributed by atoms with van der Waals surface area (Å²) in [4.78, 5) is 58.8. The van der Waals surface area contributed by atoms with E-state index in [-0.39, 0.29) is 19.3 Å². The Morgan fingerprint density at radius 3 is 0.771 bits per heavy atom. The summed E-state index contributed by atoms with van der Waals surface area (Å²) in [7, 11) is -9.82. The average molecular weight is 1560 g/mol. The highest BCUT2D eigenvalue weighted by Gasteiger charge is 2.29. The van der Waals surface area contributed by atoms with Crippen molar-refractivity contribution in [2.24, 2.45) is 0 Å². The van der Waals surface area contributed by atoms with E-state index in [0.717, 1.165) is 212 Å². The van der Waals surface area contributed by atoms with Gasteiger partial charge in [0.15, 0.2) is 6.10 Å². The van der Waals surface area contributed by atoms with Gasteiger partial charge < -0.3 is 34.2 Å². The highest BCUT2D eigenvalue weighted by molar-refractivity contribution is 7.47. The van der Waals surface area contributed by atoms with Crippen molar-refractivity contribution in [3.63, 3.8) is 0 Å².